The summed E-state index contributed by atoms with van der Waals surface area (Å²) in [5, 5.41) is 13.4. The third kappa shape index (κ3) is 3.30. The van der Waals surface area contributed by atoms with Crippen LogP contribution in [0.5, 0.6) is 0 Å². The van der Waals surface area contributed by atoms with E-state index in [0.29, 0.717) is 35.0 Å². The van der Waals surface area contributed by atoms with Crippen molar-refractivity contribution >= 4 is 12.2 Å². The van der Waals surface area contributed by atoms with E-state index in [1.54, 1.807) is 6.92 Å². The number of carbonyl (C=O) groups excluding carboxylic acids is 1. The number of hydrogen-bond donors (Lipinski definition) is 1. The molecule has 0 aromatic rings. The van der Waals surface area contributed by atoms with E-state index >= 15 is 0 Å². The quantitative estimate of drug-likeness (QED) is 0.141. The monoisotopic (exact) mass is 497 g/mol. The summed E-state index contributed by atoms with van der Waals surface area (Å²) in [5.74, 6) is 2.89. The van der Waals surface area contributed by atoms with Crippen LogP contribution in [0.15, 0.2) is 17.3 Å². The topological polar surface area (TPSA) is 58.9 Å². The average molecular weight is 498 g/mol. The van der Waals surface area contributed by atoms with Gasteiger partial charge in [0.15, 0.2) is 0 Å². The van der Waals surface area contributed by atoms with E-state index in [1.165, 1.54) is 50.5 Å². The smallest absolute Gasteiger partial charge is 0.302 e. The third-order valence-corrected chi connectivity index (χ3v) is 13.7. The lowest BCUT2D eigenvalue weighted by Gasteiger charge is -2.72. The second-order valence-corrected chi connectivity index (χ2v) is 15.1. The number of carbonyl (C=O) groups is 1. The van der Waals surface area contributed by atoms with E-state index in [9.17, 15) is 10.0 Å². The summed E-state index contributed by atoms with van der Waals surface area (Å²) in [6, 6.07) is 0. The minimum atomic E-state index is -0.133. The van der Waals surface area contributed by atoms with Crippen molar-refractivity contribution in [3.63, 3.8) is 0 Å². The standard InChI is InChI=1S/C32H51NO3/c1-20(2)22-11-16-32(19-33-35)18-17-30(7)23(27(22)32)9-10-25-29(6)14-13-26(36-21(3)34)28(4,5)24(29)12-15-31(25,30)8/h19,22-27,35H,1,9-18H2,2-8H3/b33-19-/t22-,23+,24+,25+,26-,27-,29-,30+,31+,32+/m0/s1. The van der Waals surface area contributed by atoms with Gasteiger partial charge in [0.1, 0.15) is 6.10 Å². The molecule has 0 bridgehead atoms. The van der Waals surface area contributed by atoms with E-state index in [2.05, 4.69) is 53.3 Å². The molecule has 0 aromatic carbocycles. The molecular formula is C32H51NO3. The van der Waals surface area contributed by atoms with Crippen molar-refractivity contribution in [2.75, 3.05) is 0 Å². The summed E-state index contributed by atoms with van der Waals surface area (Å²) in [6.07, 6.45) is 13.9. The first-order valence-corrected chi connectivity index (χ1v) is 14.8. The van der Waals surface area contributed by atoms with Crippen LogP contribution < -0.4 is 0 Å². The van der Waals surface area contributed by atoms with Crippen molar-refractivity contribution in [1.29, 1.82) is 0 Å². The minimum Gasteiger partial charge on any atom is -0.462 e. The fraction of sp³-hybridized carbons (Fsp3) is 0.875. The maximum atomic E-state index is 11.9. The molecule has 5 fully saturated rings. The van der Waals surface area contributed by atoms with Gasteiger partial charge >= 0.3 is 5.97 Å². The number of allylic oxidation sites excluding steroid dienone is 1. The Morgan fingerprint density at radius 1 is 0.889 bits per heavy atom. The fourth-order valence-electron chi connectivity index (χ4n) is 11.9. The van der Waals surface area contributed by atoms with Crippen molar-refractivity contribution in [3.05, 3.63) is 12.2 Å². The molecule has 5 rings (SSSR count). The van der Waals surface area contributed by atoms with E-state index < -0.39 is 0 Å². The van der Waals surface area contributed by atoms with Gasteiger partial charge in [-0.3, -0.25) is 4.79 Å². The van der Waals surface area contributed by atoms with Gasteiger partial charge in [-0.25, -0.2) is 0 Å². The van der Waals surface area contributed by atoms with Gasteiger partial charge in [-0.2, -0.15) is 0 Å². The molecular weight excluding hydrogens is 446 g/mol. The lowest BCUT2D eigenvalue weighted by atomic mass is 9.32. The van der Waals surface area contributed by atoms with Gasteiger partial charge in [0.25, 0.3) is 0 Å². The molecule has 0 amide bonds. The molecule has 0 spiro atoms. The summed E-state index contributed by atoms with van der Waals surface area (Å²) in [4.78, 5) is 11.9. The number of nitrogens with zero attached hydrogens (tertiary/aromatic N) is 1. The van der Waals surface area contributed by atoms with E-state index in [1.807, 2.05) is 6.21 Å². The Kier molecular flexibility index (Phi) is 6.09. The number of hydrogen-bond acceptors (Lipinski definition) is 4. The molecule has 1 N–H and O–H groups in total. The normalized spacial score (nSPS) is 51.5. The van der Waals surface area contributed by atoms with Gasteiger partial charge in [0.05, 0.1) is 6.21 Å². The SMILES string of the molecule is C=C(C)[C@@H]1CC[C@]2(/C=N\O)CC[C@]3(C)[C@H](CC[C@@H]4[C@@]5(C)CC[C@H](OC(C)=O)C(C)(C)[C@H]5CC[C@]43C)[C@H]12. The van der Waals surface area contributed by atoms with Crippen LogP contribution in [0.25, 0.3) is 0 Å². The molecule has 5 aliphatic carbocycles. The Bertz CT molecular complexity index is 955. The highest BCUT2D eigenvalue weighted by Gasteiger charge is 2.71. The molecule has 0 aliphatic heterocycles. The van der Waals surface area contributed by atoms with Crippen LogP contribution in [0.1, 0.15) is 113 Å². The number of rotatable bonds is 3. The Morgan fingerprint density at radius 2 is 1.61 bits per heavy atom. The molecule has 5 aliphatic rings. The molecule has 0 aromatic heterocycles. The molecule has 0 unspecified atom stereocenters. The fourth-order valence-corrected chi connectivity index (χ4v) is 11.9. The van der Waals surface area contributed by atoms with Gasteiger partial charge < -0.3 is 9.94 Å². The van der Waals surface area contributed by atoms with Crippen LogP contribution >= 0.6 is 0 Å². The number of fused-ring (bicyclic) bond motifs is 7. The Morgan fingerprint density at radius 3 is 2.25 bits per heavy atom. The van der Waals surface area contributed by atoms with Crippen LogP contribution in [0.4, 0.5) is 0 Å². The lowest BCUT2D eigenvalue weighted by Crippen LogP contribution is -2.66. The zero-order valence-electron chi connectivity index (χ0n) is 24.0. The van der Waals surface area contributed by atoms with Crippen LogP contribution in [0.2, 0.25) is 0 Å². The van der Waals surface area contributed by atoms with Crippen molar-refractivity contribution in [2.24, 2.45) is 61.8 Å². The Balaban J connectivity index is 1.52. The first kappa shape index (κ1) is 26.3. The van der Waals surface area contributed by atoms with Crippen molar-refractivity contribution in [1.82, 2.24) is 0 Å². The molecule has 36 heavy (non-hydrogen) atoms. The highest BCUT2D eigenvalue weighted by molar-refractivity contribution is 5.67. The molecule has 202 valence electrons. The molecule has 5 saturated carbocycles. The second kappa shape index (κ2) is 8.34. The second-order valence-electron chi connectivity index (χ2n) is 15.1. The van der Waals surface area contributed by atoms with Crippen molar-refractivity contribution in [3.8, 4) is 0 Å². The highest BCUT2D eigenvalue weighted by Crippen LogP contribution is 2.77. The predicted molar refractivity (Wildman–Crippen MR) is 145 cm³/mol. The Hall–Kier alpha value is -1.32. The summed E-state index contributed by atoms with van der Waals surface area (Å²) in [7, 11) is 0. The maximum Gasteiger partial charge on any atom is 0.302 e. The van der Waals surface area contributed by atoms with Crippen LogP contribution in [-0.2, 0) is 9.53 Å². The van der Waals surface area contributed by atoms with Gasteiger partial charge in [-0.15, -0.1) is 5.16 Å². The van der Waals surface area contributed by atoms with E-state index in [4.69, 9.17) is 4.74 Å². The Labute approximate surface area is 219 Å². The first-order chi connectivity index (χ1) is 16.8. The maximum absolute atomic E-state index is 11.9. The summed E-state index contributed by atoms with van der Waals surface area (Å²) in [5.41, 5.74) is 2.24. The summed E-state index contributed by atoms with van der Waals surface area (Å²) >= 11 is 0. The summed E-state index contributed by atoms with van der Waals surface area (Å²) in [6.45, 7) is 20.9. The number of ether oxygens (including phenoxy) is 1. The zero-order chi connectivity index (χ0) is 26.3. The van der Waals surface area contributed by atoms with Gasteiger partial charge in [-0.05, 0) is 117 Å². The van der Waals surface area contributed by atoms with E-state index in [-0.39, 0.29) is 33.7 Å². The largest absolute Gasteiger partial charge is 0.462 e. The van der Waals surface area contributed by atoms with Gasteiger partial charge in [0.2, 0.25) is 0 Å². The molecule has 0 heterocycles. The van der Waals surface area contributed by atoms with Crippen LogP contribution in [-0.4, -0.2) is 23.5 Å². The van der Waals surface area contributed by atoms with Crippen molar-refractivity contribution in [2.45, 2.75) is 119 Å². The average Bonchev–Trinajstić information content (AvgIpc) is 3.16. The molecule has 10 atom stereocenters. The van der Waals surface area contributed by atoms with Crippen LogP contribution in [0.3, 0.4) is 0 Å². The van der Waals surface area contributed by atoms with E-state index in [0.717, 1.165) is 19.3 Å². The minimum absolute atomic E-state index is 0.00750. The first-order valence-electron chi connectivity index (χ1n) is 14.8. The number of esters is 1. The highest BCUT2D eigenvalue weighted by atomic mass is 16.5. The van der Waals surface area contributed by atoms with Crippen LogP contribution in [0, 0.1) is 56.7 Å². The lowest BCUT2D eigenvalue weighted by molar-refractivity contribution is -0.246. The molecule has 0 saturated heterocycles. The molecule has 0 radical (unpaired) electrons. The molecule has 4 heteroatoms. The predicted octanol–water partition coefficient (Wildman–Crippen LogP) is 8.04. The van der Waals surface area contributed by atoms with Gasteiger partial charge in [0, 0.05) is 17.8 Å². The summed E-state index contributed by atoms with van der Waals surface area (Å²) < 4.78 is 5.90. The third-order valence-electron chi connectivity index (χ3n) is 13.7. The van der Waals surface area contributed by atoms with Crippen molar-refractivity contribution < 1.29 is 14.7 Å². The molecule has 4 nitrogen and oxygen atoms in total. The van der Waals surface area contributed by atoms with Gasteiger partial charge in [-0.1, -0.05) is 46.8 Å². The number of oxime groups is 1. The zero-order valence-corrected chi connectivity index (χ0v) is 24.0.